The van der Waals surface area contributed by atoms with Gasteiger partial charge in [-0.2, -0.15) is 0 Å². The van der Waals surface area contributed by atoms with Crippen molar-refractivity contribution in [3.8, 4) is 0 Å². The largest absolute Gasteiger partial charge is 0.319 e. The Morgan fingerprint density at radius 1 is 0.514 bits per heavy atom. The van der Waals surface area contributed by atoms with Crippen LogP contribution < -0.4 is 30.7 Å². The molecule has 9 rings (SSSR count). The Morgan fingerprint density at radius 3 is 1.39 bits per heavy atom. The summed E-state index contributed by atoms with van der Waals surface area (Å²) in [5.41, 5.74) is 2.79. The molecular weight excluding hydrogens is 904 g/mol. The molecule has 0 spiro atoms. The van der Waals surface area contributed by atoms with Crippen molar-refractivity contribution in [3.05, 3.63) is 160 Å². The standard InChI is InChI=1S/C18H18FN3O2.2C17H16FN3O2/c1-10-7-11(5-6-20-10)16(23)21-14-9-15-12(8-13(14)19)18(2,3)17(24)22(15)4;1-17(2)11-6-7-12(13(18)14(11)21(3)16(17)23)20-15(22)10-5-4-8-19-9-10;1-17(2)11-7-12(18)13(8-14(11)21(3)16(17)23)20-15(22)10-5-4-6-19-9-10/h5-9H,1-4H3,(H,21,23);2*4-9H,1-3H3,(H,20,22). The number of nitrogens with one attached hydrogen (secondary N) is 3. The third-order valence-corrected chi connectivity index (χ3v) is 12.6. The molecule has 3 N–H and O–H groups in total. The first-order chi connectivity index (χ1) is 32.9. The summed E-state index contributed by atoms with van der Waals surface area (Å²) in [5.74, 6) is -3.48. The number of rotatable bonds is 6. The highest BCUT2D eigenvalue weighted by Crippen LogP contribution is 2.46. The Kier molecular flexibility index (Phi) is 13.2. The predicted molar refractivity (Wildman–Crippen MR) is 260 cm³/mol. The Hall–Kier alpha value is -8.28. The van der Waals surface area contributed by atoms with Gasteiger partial charge in [-0.25, -0.2) is 13.2 Å². The van der Waals surface area contributed by atoms with Crippen LogP contribution in [0, 0.1) is 24.4 Å². The fourth-order valence-corrected chi connectivity index (χ4v) is 8.55. The van der Waals surface area contributed by atoms with E-state index in [1.165, 1.54) is 70.7 Å². The van der Waals surface area contributed by atoms with E-state index in [1.807, 2.05) is 0 Å². The van der Waals surface area contributed by atoms with Crippen molar-refractivity contribution >= 4 is 69.6 Å². The highest BCUT2D eigenvalue weighted by atomic mass is 19.1. The molecule has 3 aliphatic rings. The number of likely N-dealkylation sites (N-methyl/N-ethyl adjacent to an activating group) is 3. The minimum atomic E-state index is -0.782. The summed E-state index contributed by atoms with van der Waals surface area (Å²) in [4.78, 5) is 89.4. The third-order valence-electron chi connectivity index (χ3n) is 12.6. The highest BCUT2D eigenvalue weighted by Gasteiger charge is 2.46. The fourth-order valence-electron chi connectivity index (χ4n) is 8.55. The van der Waals surface area contributed by atoms with E-state index in [9.17, 15) is 41.9 Å². The highest BCUT2D eigenvalue weighted by molar-refractivity contribution is 6.11. The average Bonchev–Trinajstić information content (AvgIpc) is 3.70. The van der Waals surface area contributed by atoms with Crippen LogP contribution in [0.4, 0.5) is 47.3 Å². The van der Waals surface area contributed by atoms with Crippen molar-refractivity contribution in [3.63, 3.8) is 0 Å². The Balaban J connectivity index is 0.000000155. The zero-order chi connectivity index (χ0) is 51.2. The Morgan fingerprint density at radius 2 is 0.943 bits per heavy atom. The Labute approximate surface area is 402 Å². The van der Waals surface area contributed by atoms with Gasteiger partial charge in [0.25, 0.3) is 17.7 Å². The van der Waals surface area contributed by atoms with Crippen LogP contribution in [0.2, 0.25) is 0 Å². The van der Waals surface area contributed by atoms with Gasteiger partial charge in [0, 0.05) is 74.8 Å². The number of aryl methyl sites for hydroxylation is 1. The third kappa shape index (κ3) is 9.06. The van der Waals surface area contributed by atoms with E-state index in [-0.39, 0.29) is 40.5 Å². The number of anilines is 6. The second kappa shape index (κ2) is 18.7. The van der Waals surface area contributed by atoms with Crippen LogP contribution in [0.3, 0.4) is 0 Å². The molecule has 360 valence electrons. The molecule has 0 fully saturated rings. The van der Waals surface area contributed by atoms with Crippen LogP contribution in [0.15, 0.2) is 104 Å². The molecular formula is C52H50F3N9O6. The number of nitrogens with zero attached hydrogens (tertiary/aromatic N) is 6. The molecule has 0 bridgehead atoms. The first-order valence-electron chi connectivity index (χ1n) is 21.9. The average molecular weight is 954 g/mol. The summed E-state index contributed by atoms with van der Waals surface area (Å²) in [7, 11) is 4.82. The molecule has 6 amide bonds. The summed E-state index contributed by atoms with van der Waals surface area (Å²) >= 11 is 0. The number of pyridine rings is 3. The first-order valence-corrected chi connectivity index (χ1v) is 21.9. The molecule has 0 saturated carbocycles. The number of benzene rings is 3. The van der Waals surface area contributed by atoms with E-state index in [0.717, 1.165) is 0 Å². The predicted octanol–water partition coefficient (Wildman–Crippen LogP) is 8.49. The number of carbonyl (C=O) groups excluding carboxylic acids is 6. The molecule has 3 aromatic heterocycles. The van der Waals surface area contributed by atoms with Gasteiger partial charge in [0.2, 0.25) is 17.7 Å². The summed E-state index contributed by atoms with van der Waals surface area (Å²) in [6, 6.07) is 18.4. The van der Waals surface area contributed by atoms with E-state index in [2.05, 4.69) is 30.9 Å². The first kappa shape index (κ1) is 49.6. The minimum Gasteiger partial charge on any atom is -0.319 e. The lowest BCUT2D eigenvalue weighted by atomic mass is 9.86. The molecule has 15 nitrogen and oxygen atoms in total. The van der Waals surface area contributed by atoms with E-state index in [1.54, 1.807) is 117 Å². The summed E-state index contributed by atoms with van der Waals surface area (Å²) in [6.07, 6.45) is 7.43. The topological polar surface area (TPSA) is 187 Å². The summed E-state index contributed by atoms with van der Waals surface area (Å²) in [5, 5.41) is 7.62. The summed E-state index contributed by atoms with van der Waals surface area (Å²) in [6.45, 7) is 12.3. The van der Waals surface area contributed by atoms with Gasteiger partial charge in [0.15, 0.2) is 5.82 Å². The van der Waals surface area contributed by atoms with E-state index < -0.39 is 51.4 Å². The van der Waals surface area contributed by atoms with E-state index in [4.69, 9.17) is 0 Å². The fraction of sp³-hybridized carbons (Fsp3) is 0.250. The minimum absolute atomic E-state index is 0.0370. The molecule has 6 heterocycles. The molecule has 3 aromatic carbocycles. The second-order valence-corrected chi connectivity index (χ2v) is 18.5. The van der Waals surface area contributed by atoms with Gasteiger partial charge < -0.3 is 30.7 Å². The molecule has 0 saturated heterocycles. The number of aromatic nitrogens is 3. The van der Waals surface area contributed by atoms with Gasteiger partial charge in [-0.1, -0.05) is 6.07 Å². The maximum Gasteiger partial charge on any atom is 0.257 e. The second-order valence-electron chi connectivity index (χ2n) is 18.5. The molecule has 0 unspecified atom stereocenters. The zero-order valence-corrected chi connectivity index (χ0v) is 40.1. The van der Waals surface area contributed by atoms with Gasteiger partial charge in [-0.3, -0.25) is 43.7 Å². The quantitative estimate of drug-likeness (QED) is 0.147. The van der Waals surface area contributed by atoms with Crippen molar-refractivity contribution < 1.29 is 41.9 Å². The molecule has 0 aliphatic carbocycles. The van der Waals surface area contributed by atoms with Crippen LogP contribution in [0.5, 0.6) is 0 Å². The lowest BCUT2D eigenvalue weighted by molar-refractivity contribution is -0.122. The molecule has 6 aromatic rings. The van der Waals surface area contributed by atoms with Crippen LogP contribution in [0.1, 0.15) is 95.0 Å². The number of hydrogen-bond acceptors (Lipinski definition) is 9. The van der Waals surface area contributed by atoms with Crippen molar-refractivity contribution in [2.24, 2.45) is 0 Å². The normalized spacial score (nSPS) is 15.4. The van der Waals surface area contributed by atoms with E-state index >= 15 is 0 Å². The number of fused-ring (bicyclic) bond motifs is 3. The van der Waals surface area contributed by atoms with Crippen molar-refractivity contribution in [2.75, 3.05) is 51.8 Å². The number of halogens is 3. The summed E-state index contributed by atoms with van der Waals surface area (Å²) < 4.78 is 43.6. The number of carbonyl (C=O) groups is 6. The van der Waals surface area contributed by atoms with Gasteiger partial charge in [-0.05, 0) is 132 Å². The molecule has 3 aliphatic heterocycles. The van der Waals surface area contributed by atoms with E-state index in [0.29, 0.717) is 50.4 Å². The SMILES string of the molecule is CN1C(=O)C(C)(C)c2cc(F)c(NC(=O)c3cccnc3)cc21.CN1C(=O)C(C)(C)c2ccc(NC(=O)c3cccnc3)c(F)c21.Cc1cc(C(=O)Nc2cc3c(cc2F)C(C)(C)C(=O)N3C)ccn1. The Bertz CT molecular complexity index is 3070. The van der Waals surface area contributed by atoms with Crippen LogP contribution >= 0.6 is 0 Å². The molecule has 70 heavy (non-hydrogen) atoms. The maximum atomic E-state index is 14.8. The van der Waals surface area contributed by atoms with Crippen LogP contribution in [-0.2, 0) is 30.6 Å². The van der Waals surface area contributed by atoms with Crippen LogP contribution in [-0.4, -0.2) is 71.5 Å². The lowest BCUT2D eigenvalue weighted by Crippen LogP contribution is -2.33. The van der Waals surface area contributed by atoms with Crippen molar-refractivity contribution in [1.29, 1.82) is 0 Å². The van der Waals surface area contributed by atoms with Gasteiger partial charge in [0.1, 0.15) is 11.6 Å². The number of amides is 6. The van der Waals surface area contributed by atoms with Crippen molar-refractivity contribution in [1.82, 2.24) is 15.0 Å². The maximum absolute atomic E-state index is 14.8. The number of hydrogen-bond donors (Lipinski definition) is 3. The van der Waals surface area contributed by atoms with Gasteiger partial charge in [0.05, 0.1) is 50.1 Å². The smallest absolute Gasteiger partial charge is 0.257 e. The molecule has 0 radical (unpaired) electrons. The monoisotopic (exact) mass is 953 g/mol. The molecule has 18 heteroatoms. The molecule has 0 atom stereocenters. The van der Waals surface area contributed by atoms with Crippen LogP contribution in [0.25, 0.3) is 0 Å². The van der Waals surface area contributed by atoms with Gasteiger partial charge >= 0.3 is 0 Å². The lowest BCUT2D eigenvalue weighted by Gasteiger charge is -2.16. The zero-order valence-electron chi connectivity index (χ0n) is 40.1. The van der Waals surface area contributed by atoms with Crippen molar-refractivity contribution in [2.45, 2.75) is 64.7 Å². The van der Waals surface area contributed by atoms with Gasteiger partial charge in [-0.15, -0.1) is 0 Å².